The van der Waals surface area contributed by atoms with E-state index >= 15 is 0 Å². The van der Waals surface area contributed by atoms with Crippen LogP contribution in [0.4, 0.5) is 0 Å². The molecule has 1 aromatic rings. The molecule has 0 N–H and O–H groups in total. The summed E-state index contributed by atoms with van der Waals surface area (Å²) < 4.78 is 5.28. The first-order valence-electron chi connectivity index (χ1n) is 5.84. The maximum absolute atomic E-state index is 5.28. The summed E-state index contributed by atoms with van der Waals surface area (Å²) in [5.74, 6) is 2.94. The lowest BCUT2D eigenvalue weighted by Gasteiger charge is -2.40. The van der Waals surface area contributed by atoms with Crippen LogP contribution in [-0.4, -0.2) is 34.7 Å². The first kappa shape index (κ1) is 9.33. The minimum absolute atomic E-state index is 0.477. The molecular weight excluding hydrogens is 190 g/mol. The summed E-state index contributed by atoms with van der Waals surface area (Å²) in [5.41, 5.74) is 0. The summed E-state index contributed by atoms with van der Waals surface area (Å²) in [6, 6.07) is 0. The summed E-state index contributed by atoms with van der Waals surface area (Å²) in [6.07, 6.45) is 3.97. The van der Waals surface area contributed by atoms with Gasteiger partial charge in [0, 0.05) is 13.1 Å². The molecule has 1 aromatic heterocycles. The van der Waals surface area contributed by atoms with Crippen LogP contribution in [0.25, 0.3) is 0 Å². The van der Waals surface area contributed by atoms with Gasteiger partial charge < -0.3 is 9.42 Å². The van der Waals surface area contributed by atoms with Crippen LogP contribution in [0.3, 0.4) is 0 Å². The van der Waals surface area contributed by atoms with Crippen molar-refractivity contribution in [3.8, 4) is 0 Å². The predicted octanol–water partition coefficient (Wildman–Crippen LogP) is 1.58. The average molecular weight is 207 g/mol. The van der Waals surface area contributed by atoms with Crippen LogP contribution in [-0.2, 0) is 0 Å². The van der Waals surface area contributed by atoms with Gasteiger partial charge in [0.25, 0.3) is 0 Å². The van der Waals surface area contributed by atoms with Gasteiger partial charge in [-0.1, -0.05) is 5.16 Å². The Morgan fingerprint density at radius 3 is 3.07 bits per heavy atom. The molecule has 2 aliphatic rings. The first-order valence-corrected chi connectivity index (χ1v) is 5.84. The van der Waals surface area contributed by atoms with Gasteiger partial charge in [-0.05, 0) is 38.6 Å². The van der Waals surface area contributed by atoms with Gasteiger partial charge in [0.15, 0.2) is 5.82 Å². The minimum Gasteiger partial charge on any atom is -0.339 e. The van der Waals surface area contributed by atoms with E-state index in [9.17, 15) is 0 Å². The van der Waals surface area contributed by atoms with Gasteiger partial charge in [-0.15, -0.1) is 0 Å². The van der Waals surface area contributed by atoms with E-state index in [1.165, 1.54) is 32.4 Å². The average Bonchev–Trinajstić information content (AvgIpc) is 2.64. The second-order valence-corrected chi connectivity index (χ2v) is 4.88. The number of nitrogens with zero attached hydrogens (tertiary/aromatic N) is 3. The van der Waals surface area contributed by atoms with Crippen LogP contribution in [0.1, 0.15) is 36.9 Å². The molecule has 2 saturated heterocycles. The standard InChI is InChI=1S/C11H17N3O/c1-8-12-11(15-13-8)10-5-9-3-2-4-14(6-9)7-10/h9-10H,2-7H2,1H3/t9-,10-/m0/s1. The Hall–Kier alpha value is -0.900. The fraction of sp³-hybridized carbons (Fsp3) is 0.818. The molecular formula is C11H17N3O. The minimum atomic E-state index is 0.477. The zero-order chi connectivity index (χ0) is 10.3. The smallest absolute Gasteiger partial charge is 0.231 e. The van der Waals surface area contributed by atoms with Crippen molar-refractivity contribution in [3.05, 3.63) is 11.7 Å². The molecule has 0 saturated carbocycles. The van der Waals surface area contributed by atoms with E-state index in [0.29, 0.717) is 5.92 Å². The van der Waals surface area contributed by atoms with Crippen LogP contribution in [0.15, 0.2) is 4.52 Å². The van der Waals surface area contributed by atoms with Gasteiger partial charge in [-0.2, -0.15) is 4.98 Å². The number of rotatable bonds is 1. The largest absolute Gasteiger partial charge is 0.339 e. The zero-order valence-electron chi connectivity index (χ0n) is 9.15. The Kier molecular flexibility index (Phi) is 2.24. The van der Waals surface area contributed by atoms with Gasteiger partial charge in [0.1, 0.15) is 0 Å². The highest BCUT2D eigenvalue weighted by Gasteiger charge is 2.33. The summed E-state index contributed by atoms with van der Waals surface area (Å²) in [7, 11) is 0. The Bertz CT molecular complexity index is 337. The van der Waals surface area contributed by atoms with Crippen LogP contribution >= 0.6 is 0 Å². The van der Waals surface area contributed by atoms with E-state index in [1.54, 1.807) is 0 Å². The van der Waals surface area contributed by atoms with Crippen molar-refractivity contribution < 1.29 is 4.52 Å². The molecule has 82 valence electrons. The van der Waals surface area contributed by atoms with E-state index < -0.39 is 0 Å². The number of piperidine rings is 2. The maximum Gasteiger partial charge on any atom is 0.231 e. The SMILES string of the molecule is Cc1noc([C@H]2C[C@@H]3CCCN(C3)C2)n1. The lowest BCUT2D eigenvalue weighted by Crippen LogP contribution is -2.43. The molecule has 1 unspecified atom stereocenters. The Balaban J connectivity index is 1.77. The monoisotopic (exact) mass is 207 g/mol. The number of aryl methyl sites for hydroxylation is 1. The van der Waals surface area contributed by atoms with E-state index in [1.807, 2.05) is 6.92 Å². The number of hydrogen-bond acceptors (Lipinski definition) is 4. The van der Waals surface area contributed by atoms with Crippen molar-refractivity contribution in [2.45, 2.75) is 32.1 Å². The molecule has 0 aromatic carbocycles. The zero-order valence-corrected chi connectivity index (χ0v) is 9.15. The van der Waals surface area contributed by atoms with E-state index in [4.69, 9.17) is 4.52 Å². The molecule has 2 fully saturated rings. The van der Waals surface area contributed by atoms with Gasteiger partial charge in [-0.3, -0.25) is 0 Å². The molecule has 0 spiro atoms. The van der Waals surface area contributed by atoms with Crippen LogP contribution < -0.4 is 0 Å². The molecule has 3 atom stereocenters. The predicted molar refractivity (Wildman–Crippen MR) is 55.6 cm³/mol. The number of aromatic nitrogens is 2. The second-order valence-electron chi connectivity index (χ2n) is 4.88. The third-order valence-corrected chi connectivity index (χ3v) is 3.59. The molecule has 2 aliphatic heterocycles. The first-order chi connectivity index (χ1) is 7.31. The van der Waals surface area contributed by atoms with Crippen molar-refractivity contribution in [3.63, 3.8) is 0 Å². The Labute approximate surface area is 89.6 Å². The van der Waals surface area contributed by atoms with Gasteiger partial charge in [0.2, 0.25) is 5.89 Å². The highest BCUT2D eigenvalue weighted by molar-refractivity contribution is 4.99. The second kappa shape index (κ2) is 3.59. The molecule has 0 amide bonds. The maximum atomic E-state index is 5.28. The van der Waals surface area contributed by atoms with Crippen LogP contribution in [0, 0.1) is 12.8 Å². The summed E-state index contributed by atoms with van der Waals surface area (Å²) in [6.45, 7) is 5.53. The van der Waals surface area contributed by atoms with Crippen molar-refractivity contribution in [1.29, 1.82) is 0 Å². The fourth-order valence-electron chi connectivity index (χ4n) is 2.96. The lowest BCUT2D eigenvalue weighted by molar-refractivity contribution is 0.0970. The van der Waals surface area contributed by atoms with Crippen molar-refractivity contribution in [1.82, 2.24) is 15.0 Å². The van der Waals surface area contributed by atoms with Crippen LogP contribution in [0.5, 0.6) is 0 Å². The third-order valence-electron chi connectivity index (χ3n) is 3.59. The molecule has 15 heavy (non-hydrogen) atoms. The summed E-state index contributed by atoms with van der Waals surface area (Å²) >= 11 is 0. The molecule has 0 aliphatic carbocycles. The lowest BCUT2D eigenvalue weighted by atomic mass is 9.83. The van der Waals surface area contributed by atoms with Crippen molar-refractivity contribution >= 4 is 0 Å². The quantitative estimate of drug-likeness (QED) is 0.701. The van der Waals surface area contributed by atoms with Gasteiger partial charge in [0.05, 0.1) is 5.92 Å². The number of fused-ring (bicyclic) bond motifs is 2. The number of hydrogen-bond donors (Lipinski definition) is 0. The van der Waals surface area contributed by atoms with Crippen molar-refractivity contribution in [2.24, 2.45) is 5.92 Å². The van der Waals surface area contributed by atoms with E-state index in [2.05, 4.69) is 15.0 Å². The Morgan fingerprint density at radius 2 is 2.33 bits per heavy atom. The van der Waals surface area contributed by atoms with Gasteiger partial charge in [-0.25, -0.2) is 0 Å². The highest BCUT2D eigenvalue weighted by Crippen LogP contribution is 2.34. The van der Waals surface area contributed by atoms with E-state index in [-0.39, 0.29) is 0 Å². The van der Waals surface area contributed by atoms with Crippen molar-refractivity contribution in [2.75, 3.05) is 19.6 Å². The molecule has 3 heterocycles. The summed E-state index contributed by atoms with van der Waals surface area (Å²) in [5, 5.41) is 3.88. The topological polar surface area (TPSA) is 42.2 Å². The molecule has 2 bridgehead atoms. The third kappa shape index (κ3) is 1.78. The highest BCUT2D eigenvalue weighted by atomic mass is 16.5. The molecule has 0 radical (unpaired) electrons. The fourth-order valence-corrected chi connectivity index (χ4v) is 2.96. The normalized spacial score (nSPS) is 35.4. The van der Waals surface area contributed by atoms with Gasteiger partial charge >= 0.3 is 0 Å². The van der Waals surface area contributed by atoms with E-state index in [0.717, 1.165) is 24.2 Å². The van der Waals surface area contributed by atoms with Crippen LogP contribution in [0.2, 0.25) is 0 Å². The molecule has 4 heteroatoms. The molecule has 4 nitrogen and oxygen atoms in total. The molecule has 3 rings (SSSR count). The Morgan fingerprint density at radius 1 is 1.40 bits per heavy atom. The summed E-state index contributed by atoms with van der Waals surface area (Å²) in [4.78, 5) is 6.90.